The van der Waals surface area contributed by atoms with Crippen molar-refractivity contribution >= 4 is 5.91 Å². The SMILES string of the molecule is CCOc1cc(C2c3c(-c4ccc(OC)c(OC)c4)nn(C)c3C(=O)N2CCc2ccccc2)ccc1OCCC(C)C. The lowest BCUT2D eigenvalue weighted by Gasteiger charge is -2.27. The Balaban J connectivity index is 1.61. The third kappa shape index (κ3) is 6.19. The smallest absolute Gasteiger partial charge is 0.273 e. The molecule has 0 bridgehead atoms. The molecule has 0 aliphatic carbocycles. The summed E-state index contributed by atoms with van der Waals surface area (Å²) in [6.07, 6.45) is 1.68. The fourth-order valence-electron chi connectivity index (χ4n) is 5.62. The molecule has 0 fully saturated rings. The summed E-state index contributed by atoms with van der Waals surface area (Å²) in [5.41, 5.74) is 5.13. The van der Waals surface area contributed by atoms with Gasteiger partial charge in [-0.05, 0) is 67.1 Å². The molecular formula is C35H41N3O5. The highest BCUT2D eigenvalue weighted by molar-refractivity contribution is 6.00. The van der Waals surface area contributed by atoms with Crippen LogP contribution in [0.2, 0.25) is 0 Å². The van der Waals surface area contributed by atoms with Crippen LogP contribution < -0.4 is 18.9 Å². The minimum absolute atomic E-state index is 0.0483. The first-order valence-electron chi connectivity index (χ1n) is 14.9. The summed E-state index contributed by atoms with van der Waals surface area (Å²) >= 11 is 0. The highest BCUT2D eigenvalue weighted by atomic mass is 16.5. The Morgan fingerprint density at radius 1 is 0.884 bits per heavy atom. The van der Waals surface area contributed by atoms with Crippen LogP contribution >= 0.6 is 0 Å². The van der Waals surface area contributed by atoms with E-state index in [0.29, 0.717) is 54.4 Å². The molecule has 5 rings (SSSR count). The lowest BCUT2D eigenvalue weighted by atomic mass is 9.95. The molecule has 0 saturated carbocycles. The molecule has 1 amide bonds. The molecule has 8 nitrogen and oxygen atoms in total. The van der Waals surface area contributed by atoms with Gasteiger partial charge in [-0.3, -0.25) is 9.48 Å². The van der Waals surface area contributed by atoms with E-state index in [4.69, 9.17) is 24.0 Å². The summed E-state index contributed by atoms with van der Waals surface area (Å²) in [5.74, 6) is 3.10. The lowest BCUT2D eigenvalue weighted by molar-refractivity contribution is 0.0741. The van der Waals surface area contributed by atoms with Gasteiger partial charge in [-0.25, -0.2) is 0 Å². The number of amides is 1. The average molecular weight is 584 g/mol. The van der Waals surface area contributed by atoms with Gasteiger partial charge in [-0.1, -0.05) is 50.2 Å². The second-order valence-corrected chi connectivity index (χ2v) is 11.1. The Hall–Kier alpha value is -4.46. The number of carbonyl (C=O) groups is 1. The van der Waals surface area contributed by atoms with Gasteiger partial charge in [0.25, 0.3) is 5.91 Å². The molecule has 3 aromatic carbocycles. The number of rotatable bonds is 13. The molecule has 0 saturated heterocycles. The van der Waals surface area contributed by atoms with Gasteiger partial charge in [0.15, 0.2) is 23.0 Å². The predicted molar refractivity (Wildman–Crippen MR) is 167 cm³/mol. The summed E-state index contributed by atoms with van der Waals surface area (Å²) < 4.78 is 25.0. The number of ether oxygens (including phenoxy) is 4. The molecule has 43 heavy (non-hydrogen) atoms. The normalized spacial score (nSPS) is 14.3. The minimum atomic E-state index is -0.369. The number of fused-ring (bicyclic) bond motifs is 1. The largest absolute Gasteiger partial charge is 0.493 e. The van der Waals surface area contributed by atoms with E-state index in [-0.39, 0.29) is 11.9 Å². The summed E-state index contributed by atoms with van der Waals surface area (Å²) in [7, 11) is 5.06. The molecule has 1 unspecified atom stereocenters. The zero-order valence-electron chi connectivity index (χ0n) is 25.9. The van der Waals surface area contributed by atoms with E-state index in [1.165, 1.54) is 5.56 Å². The zero-order valence-corrected chi connectivity index (χ0v) is 25.9. The van der Waals surface area contributed by atoms with Crippen molar-refractivity contribution in [2.75, 3.05) is 34.0 Å². The number of benzene rings is 3. The molecule has 8 heteroatoms. The van der Waals surface area contributed by atoms with Gasteiger partial charge >= 0.3 is 0 Å². The molecule has 1 atom stereocenters. The molecule has 2 heterocycles. The van der Waals surface area contributed by atoms with Crippen LogP contribution in [0.3, 0.4) is 0 Å². The molecule has 1 aliphatic heterocycles. The third-order valence-corrected chi connectivity index (χ3v) is 7.81. The maximum Gasteiger partial charge on any atom is 0.273 e. The van der Waals surface area contributed by atoms with E-state index in [1.807, 2.05) is 73.5 Å². The molecule has 0 spiro atoms. The molecule has 1 aliphatic rings. The van der Waals surface area contributed by atoms with Crippen molar-refractivity contribution in [3.63, 3.8) is 0 Å². The standard InChI is InChI=1S/C35H41N3O5/c1-7-42-30-22-26(14-16-28(30)43-20-18-23(2)3)33-31-32(25-13-15-27(40-5)29(21-25)41-6)36-37(4)34(31)35(39)38(33)19-17-24-11-9-8-10-12-24/h8-16,21-23,33H,7,17-20H2,1-6H3. The highest BCUT2D eigenvalue weighted by Gasteiger charge is 2.43. The third-order valence-electron chi connectivity index (χ3n) is 7.81. The lowest BCUT2D eigenvalue weighted by Crippen LogP contribution is -2.32. The highest BCUT2D eigenvalue weighted by Crippen LogP contribution is 2.46. The maximum absolute atomic E-state index is 14.1. The van der Waals surface area contributed by atoms with Crippen molar-refractivity contribution in [3.8, 4) is 34.3 Å². The van der Waals surface area contributed by atoms with E-state index < -0.39 is 0 Å². The van der Waals surface area contributed by atoms with E-state index in [9.17, 15) is 4.79 Å². The van der Waals surface area contributed by atoms with Gasteiger partial charge in [0.2, 0.25) is 0 Å². The second-order valence-electron chi connectivity index (χ2n) is 11.1. The molecule has 226 valence electrons. The van der Waals surface area contributed by atoms with E-state index in [2.05, 4.69) is 26.0 Å². The molecule has 0 radical (unpaired) electrons. The fourth-order valence-corrected chi connectivity index (χ4v) is 5.62. The van der Waals surface area contributed by atoms with Crippen LogP contribution in [0.25, 0.3) is 11.3 Å². The van der Waals surface area contributed by atoms with Crippen LogP contribution in [0.15, 0.2) is 66.7 Å². The average Bonchev–Trinajstić information content (AvgIpc) is 3.50. The van der Waals surface area contributed by atoms with Crippen molar-refractivity contribution < 1.29 is 23.7 Å². The first-order valence-corrected chi connectivity index (χ1v) is 14.9. The Morgan fingerprint density at radius 3 is 2.33 bits per heavy atom. The van der Waals surface area contributed by atoms with Gasteiger partial charge in [0.1, 0.15) is 5.69 Å². The summed E-state index contributed by atoms with van der Waals surface area (Å²) in [6.45, 7) is 7.98. The number of hydrogen-bond acceptors (Lipinski definition) is 6. The van der Waals surface area contributed by atoms with Crippen molar-refractivity contribution in [1.82, 2.24) is 14.7 Å². The van der Waals surface area contributed by atoms with Gasteiger partial charge in [0, 0.05) is 24.7 Å². The summed E-state index contributed by atoms with van der Waals surface area (Å²) in [5, 5.41) is 4.86. The first-order chi connectivity index (χ1) is 20.9. The number of nitrogens with zero attached hydrogens (tertiary/aromatic N) is 3. The van der Waals surface area contributed by atoms with Gasteiger partial charge in [-0.15, -0.1) is 0 Å². The van der Waals surface area contributed by atoms with Crippen molar-refractivity contribution in [2.45, 2.75) is 39.7 Å². The molecule has 0 N–H and O–H groups in total. The van der Waals surface area contributed by atoms with Crippen LogP contribution in [-0.2, 0) is 13.5 Å². The van der Waals surface area contributed by atoms with Crippen LogP contribution in [-0.4, -0.2) is 54.6 Å². The van der Waals surface area contributed by atoms with Crippen LogP contribution in [0, 0.1) is 5.92 Å². The minimum Gasteiger partial charge on any atom is -0.493 e. The van der Waals surface area contributed by atoms with Crippen molar-refractivity contribution in [1.29, 1.82) is 0 Å². The Kier molecular flexibility index (Phi) is 9.24. The Labute approximate surface area is 254 Å². The van der Waals surface area contributed by atoms with Crippen LogP contribution in [0.1, 0.15) is 60.4 Å². The van der Waals surface area contributed by atoms with E-state index >= 15 is 0 Å². The van der Waals surface area contributed by atoms with E-state index in [0.717, 1.165) is 35.2 Å². The second kappa shape index (κ2) is 13.2. The number of aryl methyl sites for hydroxylation is 1. The zero-order chi connectivity index (χ0) is 30.5. The maximum atomic E-state index is 14.1. The fraction of sp³-hybridized carbons (Fsp3) is 0.371. The molecule has 1 aromatic heterocycles. The monoisotopic (exact) mass is 583 g/mol. The van der Waals surface area contributed by atoms with Crippen LogP contribution in [0.4, 0.5) is 0 Å². The van der Waals surface area contributed by atoms with Gasteiger partial charge in [-0.2, -0.15) is 5.10 Å². The predicted octanol–water partition coefficient (Wildman–Crippen LogP) is 6.72. The number of hydrogen-bond donors (Lipinski definition) is 0. The molecular weight excluding hydrogens is 542 g/mol. The number of aromatic nitrogens is 2. The molecule has 4 aromatic rings. The Bertz CT molecular complexity index is 1560. The Morgan fingerprint density at radius 2 is 1.63 bits per heavy atom. The quantitative estimate of drug-likeness (QED) is 0.174. The van der Waals surface area contributed by atoms with Gasteiger partial charge < -0.3 is 23.8 Å². The van der Waals surface area contributed by atoms with Gasteiger partial charge in [0.05, 0.1) is 39.2 Å². The summed E-state index contributed by atoms with van der Waals surface area (Å²) in [4.78, 5) is 16.1. The first kappa shape index (κ1) is 30.0. The number of carbonyl (C=O) groups excluding carboxylic acids is 1. The topological polar surface area (TPSA) is 75.0 Å². The van der Waals surface area contributed by atoms with Crippen molar-refractivity contribution in [3.05, 3.63) is 89.1 Å². The summed E-state index contributed by atoms with van der Waals surface area (Å²) in [6, 6.07) is 21.6. The number of methoxy groups -OCH3 is 2. The van der Waals surface area contributed by atoms with Crippen molar-refractivity contribution in [2.24, 2.45) is 13.0 Å². The van der Waals surface area contributed by atoms with E-state index in [1.54, 1.807) is 18.9 Å². The van der Waals surface area contributed by atoms with Crippen LogP contribution in [0.5, 0.6) is 23.0 Å².